The van der Waals surface area contributed by atoms with Crippen molar-refractivity contribution in [1.29, 1.82) is 0 Å². The predicted molar refractivity (Wildman–Crippen MR) is 104 cm³/mol. The Balaban J connectivity index is 0.000000980. The first-order chi connectivity index (χ1) is 11.8. The third-order valence-corrected chi connectivity index (χ3v) is 4.32. The minimum absolute atomic E-state index is 0. The molecule has 0 spiro atoms. The van der Waals surface area contributed by atoms with E-state index < -0.39 is 0 Å². The van der Waals surface area contributed by atoms with Crippen LogP contribution in [0.1, 0.15) is 6.42 Å². The SMILES string of the molecule is C1=CC2=NC1=CC1=CCC(C=C3C=CC(=N3)C=c3ccc([nH]3)=C2)N1.[Fe].[Na]. The van der Waals surface area contributed by atoms with Gasteiger partial charge < -0.3 is 10.3 Å². The largest absolute Gasteiger partial charge is 0.379 e. The Morgan fingerprint density at radius 3 is 2.23 bits per heavy atom. The predicted octanol–water partition coefficient (Wildman–Crippen LogP) is 1.24. The summed E-state index contributed by atoms with van der Waals surface area (Å²) in [7, 11) is 0. The van der Waals surface area contributed by atoms with Gasteiger partial charge in [-0.3, -0.25) is 0 Å². The van der Waals surface area contributed by atoms with Crippen LogP contribution in [0.25, 0.3) is 12.2 Å². The van der Waals surface area contributed by atoms with E-state index in [0.29, 0.717) is 0 Å². The Bertz CT molecular complexity index is 1060. The van der Waals surface area contributed by atoms with Crippen LogP contribution in [0, 0.1) is 0 Å². The molecule has 4 aliphatic heterocycles. The van der Waals surface area contributed by atoms with Crippen molar-refractivity contribution in [3.8, 4) is 0 Å². The van der Waals surface area contributed by atoms with E-state index in [1.165, 1.54) is 0 Å². The summed E-state index contributed by atoms with van der Waals surface area (Å²) in [6.07, 6.45) is 19.8. The van der Waals surface area contributed by atoms with Crippen molar-refractivity contribution >= 4 is 53.1 Å². The Kier molecular flexibility index (Phi) is 5.85. The zero-order valence-electron chi connectivity index (χ0n) is 14.4. The van der Waals surface area contributed by atoms with Crippen LogP contribution in [0.3, 0.4) is 0 Å². The van der Waals surface area contributed by atoms with Gasteiger partial charge in [0.25, 0.3) is 0 Å². The van der Waals surface area contributed by atoms with Crippen LogP contribution in [0.15, 0.2) is 81.7 Å². The minimum Gasteiger partial charge on any atom is -0.379 e. The van der Waals surface area contributed by atoms with Crippen molar-refractivity contribution in [3.63, 3.8) is 0 Å². The second kappa shape index (κ2) is 7.95. The normalized spacial score (nSPS) is 21.7. The second-order valence-corrected chi connectivity index (χ2v) is 6.20. The average Bonchev–Trinajstić information content (AvgIpc) is 3.32. The van der Waals surface area contributed by atoms with Crippen LogP contribution < -0.4 is 16.0 Å². The first kappa shape index (κ1) is 19.1. The first-order valence-electron chi connectivity index (χ1n) is 8.12. The molecule has 1 aromatic rings. The fraction of sp³-hybridized carbons (Fsp3) is 0.100. The van der Waals surface area contributed by atoms with Gasteiger partial charge in [-0.1, -0.05) is 6.08 Å². The molecule has 0 aliphatic carbocycles. The van der Waals surface area contributed by atoms with Gasteiger partial charge in [0.1, 0.15) is 0 Å². The molecule has 2 N–H and O–H groups in total. The summed E-state index contributed by atoms with van der Waals surface area (Å²) in [5.41, 5.74) is 5.02. The smallest absolute Gasteiger partial charge is 0.0658 e. The third-order valence-electron chi connectivity index (χ3n) is 4.32. The van der Waals surface area contributed by atoms with E-state index in [9.17, 15) is 0 Å². The van der Waals surface area contributed by atoms with Gasteiger partial charge >= 0.3 is 0 Å². The monoisotopic (exact) mass is 391 g/mol. The molecule has 0 saturated carbocycles. The Labute approximate surface area is 184 Å². The topological polar surface area (TPSA) is 52.5 Å². The van der Waals surface area contributed by atoms with E-state index in [0.717, 1.165) is 45.6 Å². The molecule has 1 radical (unpaired) electrons. The zero-order valence-corrected chi connectivity index (χ0v) is 17.5. The van der Waals surface area contributed by atoms with Gasteiger partial charge in [0.05, 0.1) is 28.9 Å². The van der Waals surface area contributed by atoms with Crippen LogP contribution in [-0.2, 0) is 17.1 Å². The summed E-state index contributed by atoms with van der Waals surface area (Å²) in [4.78, 5) is 12.7. The molecule has 4 nitrogen and oxygen atoms in total. The minimum atomic E-state index is 0. The van der Waals surface area contributed by atoms with Crippen molar-refractivity contribution < 1.29 is 17.1 Å². The van der Waals surface area contributed by atoms with Gasteiger partial charge in [0, 0.05) is 63.0 Å². The summed E-state index contributed by atoms with van der Waals surface area (Å²) in [5, 5.41) is 5.59. The van der Waals surface area contributed by atoms with Crippen molar-refractivity contribution in [2.45, 2.75) is 12.5 Å². The van der Waals surface area contributed by atoms with Crippen molar-refractivity contribution in [2.24, 2.45) is 9.98 Å². The number of aromatic amines is 1. The zero-order chi connectivity index (χ0) is 15.9. The molecule has 1 unspecified atom stereocenters. The molecular formula is C20H16FeN4Na. The van der Waals surface area contributed by atoms with Crippen molar-refractivity contribution in [1.82, 2.24) is 10.3 Å². The number of allylic oxidation sites excluding steroid dienone is 5. The summed E-state index contributed by atoms with van der Waals surface area (Å²) in [6, 6.07) is 4.40. The third kappa shape index (κ3) is 4.03. The van der Waals surface area contributed by atoms with Gasteiger partial charge in [-0.25, -0.2) is 9.98 Å². The fourth-order valence-corrected chi connectivity index (χ4v) is 3.20. The molecule has 5 heterocycles. The van der Waals surface area contributed by atoms with Crippen LogP contribution in [0.4, 0.5) is 0 Å². The Morgan fingerprint density at radius 2 is 1.50 bits per heavy atom. The summed E-state index contributed by atoms with van der Waals surface area (Å²) in [5.74, 6) is 0. The van der Waals surface area contributed by atoms with Gasteiger partial charge in [-0.2, -0.15) is 0 Å². The molecule has 5 rings (SSSR count). The van der Waals surface area contributed by atoms with Crippen LogP contribution in [-0.4, -0.2) is 52.0 Å². The van der Waals surface area contributed by atoms with E-state index >= 15 is 0 Å². The molecule has 1 atom stereocenters. The van der Waals surface area contributed by atoms with Crippen LogP contribution in [0.5, 0.6) is 0 Å². The molecule has 26 heavy (non-hydrogen) atoms. The number of rotatable bonds is 0. The quantitative estimate of drug-likeness (QED) is 0.643. The molecule has 0 amide bonds. The number of fused-ring (bicyclic) bond motifs is 6. The van der Waals surface area contributed by atoms with Crippen molar-refractivity contribution in [2.75, 3.05) is 0 Å². The van der Waals surface area contributed by atoms with E-state index in [1.807, 2.05) is 18.2 Å². The molecule has 4 aliphatic rings. The summed E-state index contributed by atoms with van der Waals surface area (Å²) in [6.45, 7) is 0. The van der Waals surface area contributed by atoms with Gasteiger partial charge in [0.2, 0.25) is 0 Å². The van der Waals surface area contributed by atoms with Crippen molar-refractivity contribution in [3.05, 3.63) is 82.5 Å². The van der Waals surface area contributed by atoms with E-state index in [-0.39, 0.29) is 52.7 Å². The molecular weight excluding hydrogens is 375 g/mol. The number of hydrogen-bond acceptors (Lipinski definition) is 3. The van der Waals surface area contributed by atoms with Gasteiger partial charge in [-0.15, -0.1) is 0 Å². The molecule has 0 aromatic carbocycles. The molecule has 1 aromatic heterocycles. The fourth-order valence-electron chi connectivity index (χ4n) is 3.20. The Hall–Kier alpha value is -1.62. The van der Waals surface area contributed by atoms with Crippen LogP contribution >= 0.6 is 0 Å². The van der Waals surface area contributed by atoms with Crippen LogP contribution in [0.2, 0.25) is 0 Å². The first-order valence-corrected chi connectivity index (χ1v) is 8.12. The van der Waals surface area contributed by atoms with Gasteiger partial charge in [-0.05, 0) is 67.2 Å². The maximum Gasteiger partial charge on any atom is 0.0658 e. The van der Waals surface area contributed by atoms with E-state index in [1.54, 1.807) is 0 Å². The molecule has 125 valence electrons. The molecule has 0 fully saturated rings. The molecule has 6 heteroatoms. The average molecular weight is 391 g/mol. The number of nitrogens with one attached hydrogen (secondary N) is 2. The maximum absolute atomic E-state index is 4.68. The van der Waals surface area contributed by atoms with E-state index in [4.69, 9.17) is 0 Å². The maximum atomic E-state index is 4.68. The number of aliphatic imine (C=N–C) groups is 2. The number of H-pyrrole nitrogens is 1. The number of aromatic nitrogens is 1. The molecule has 8 bridgehead atoms. The Morgan fingerprint density at radius 1 is 0.846 bits per heavy atom. The van der Waals surface area contributed by atoms with Gasteiger partial charge in [0.15, 0.2) is 0 Å². The second-order valence-electron chi connectivity index (χ2n) is 6.20. The molecule has 0 saturated heterocycles. The standard InChI is InChI=1S/C20H16N4.Fe.Na/c1-2-14-10-16-5-6-18(23-16)12-20-8-7-19(24-20)11-17-4-3-15(22-17)9-13(1)21-14;;/h1-7,9-12,20-21,24H,8H2;;. The summed E-state index contributed by atoms with van der Waals surface area (Å²) < 4.78 is 0. The van der Waals surface area contributed by atoms with E-state index in [2.05, 4.69) is 68.9 Å². The summed E-state index contributed by atoms with van der Waals surface area (Å²) >= 11 is 0. The number of nitrogens with zero attached hydrogens (tertiary/aromatic N) is 2. The number of hydrogen-bond donors (Lipinski definition) is 2.